The Balaban J connectivity index is 2.17. The van der Waals surface area contributed by atoms with E-state index in [0.29, 0.717) is 6.61 Å². The first-order valence-corrected chi connectivity index (χ1v) is 6.55. The average Bonchev–Trinajstić information content (AvgIpc) is 2.48. The number of rotatable bonds is 6. The number of ether oxygens (including phenoxy) is 1. The van der Waals surface area contributed by atoms with Gasteiger partial charge in [-0.15, -0.1) is 0 Å². The highest BCUT2D eigenvalue weighted by molar-refractivity contribution is 5.76. The molecule has 0 amide bonds. The van der Waals surface area contributed by atoms with Gasteiger partial charge in [-0.2, -0.15) is 0 Å². The topological polar surface area (TPSA) is 21.3 Å². The normalized spacial score (nSPS) is 11.3. The maximum atomic E-state index is 5.41. The lowest BCUT2D eigenvalue weighted by Gasteiger charge is -2.11. The first kappa shape index (κ1) is 13.4. The summed E-state index contributed by atoms with van der Waals surface area (Å²) in [5, 5.41) is 3.44. The Morgan fingerprint density at radius 3 is 2.26 bits per heavy atom. The third-order valence-corrected chi connectivity index (χ3v) is 2.75. The van der Waals surface area contributed by atoms with Crippen LogP contribution in [0, 0.1) is 0 Å². The highest BCUT2D eigenvalue weighted by Gasteiger charge is 2.01. The second kappa shape index (κ2) is 7.39. The van der Waals surface area contributed by atoms with Crippen molar-refractivity contribution in [2.24, 2.45) is 0 Å². The summed E-state index contributed by atoms with van der Waals surface area (Å²) in [4.78, 5) is 0. The van der Waals surface area contributed by atoms with Crippen LogP contribution in [0.2, 0.25) is 0 Å². The fraction of sp³-hybridized carbons (Fsp3) is 0.176. The third-order valence-electron chi connectivity index (χ3n) is 2.75. The molecule has 0 aromatic heterocycles. The van der Waals surface area contributed by atoms with Crippen LogP contribution in [0.25, 0.3) is 5.70 Å². The molecular formula is C17H19NO. The molecule has 0 bridgehead atoms. The van der Waals surface area contributed by atoms with Crippen LogP contribution in [-0.4, -0.2) is 13.2 Å². The minimum Gasteiger partial charge on any atom is -0.378 e. The summed E-state index contributed by atoms with van der Waals surface area (Å²) in [5.41, 5.74) is 3.31. The van der Waals surface area contributed by atoms with Gasteiger partial charge in [-0.1, -0.05) is 48.5 Å². The molecule has 19 heavy (non-hydrogen) atoms. The molecule has 2 aromatic carbocycles. The third kappa shape index (κ3) is 4.27. The predicted octanol–water partition coefficient (Wildman–Crippen LogP) is 4.18. The van der Waals surface area contributed by atoms with Gasteiger partial charge in [0.15, 0.2) is 0 Å². The average molecular weight is 253 g/mol. The van der Waals surface area contributed by atoms with Gasteiger partial charge in [0.25, 0.3) is 0 Å². The zero-order valence-electron chi connectivity index (χ0n) is 11.2. The van der Waals surface area contributed by atoms with Gasteiger partial charge < -0.3 is 10.1 Å². The van der Waals surface area contributed by atoms with E-state index in [1.54, 1.807) is 0 Å². The first-order chi connectivity index (χ1) is 9.40. The predicted molar refractivity (Wildman–Crippen MR) is 81.0 cm³/mol. The molecule has 2 aromatic rings. The smallest absolute Gasteiger partial charge is 0.0670 e. The zero-order chi connectivity index (χ0) is 13.3. The summed E-state index contributed by atoms with van der Waals surface area (Å²) in [7, 11) is 0. The number of hydrogen-bond donors (Lipinski definition) is 1. The van der Waals surface area contributed by atoms with E-state index in [0.717, 1.165) is 23.6 Å². The van der Waals surface area contributed by atoms with Crippen molar-refractivity contribution in [3.8, 4) is 0 Å². The molecule has 1 N–H and O–H groups in total. The SMILES string of the molecule is CCOC/C=C(/Nc1ccccc1)c1ccccc1. The molecule has 0 heterocycles. The van der Waals surface area contributed by atoms with Gasteiger partial charge in [0, 0.05) is 18.0 Å². The molecule has 0 radical (unpaired) electrons. The maximum Gasteiger partial charge on any atom is 0.0670 e. The van der Waals surface area contributed by atoms with E-state index in [2.05, 4.69) is 35.7 Å². The molecule has 0 unspecified atom stereocenters. The van der Waals surface area contributed by atoms with E-state index in [-0.39, 0.29) is 0 Å². The van der Waals surface area contributed by atoms with Gasteiger partial charge in [0.1, 0.15) is 0 Å². The number of nitrogens with one attached hydrogen (secondary N) is 1. The molecule has 0 aliphatic heterocycles. The molecular weight excluding hydrogens is 234 g/mol. The molecule has 0 aliphatic rings. The standard InChI is InChI=1S/C17H19NO/c1-2-19-14-13-17(15-9-5-3-6-10-15)18-16-11-7-4-8-12-16/h3-13,18H,2,14H2,1H3/b17-13+. The first-order valence-electron chi connectivity index (χ1n) is 6.55. The molecule has 0 saturated carbocycles. The van der Waals surface area contributed by atoms with Crippen molar-refractivity contribution in [1.29, 1.82) is 0 Å². The fourth-order valence-electron chi connectivity index (χ4n) is 1.80. The van der Waals surface area contributed by atoms with Gasteiger partial charge in [-0.25, -0.2) is 0 Å². The highest BCUT2D eigenvalue weighted by atomic mass is 16.5. The van der Waals surface area contributed by atoms with E-state index in [9.17, 15) is 0 Å². The van der Waals surface area contributed by atoms with Crippen LogP contribution in [0.3, 0.4) is 0 Å². The minimum atomic E-state index is 0.612. The van der Waals surface area contributed by atoms with Crippen molar-refractivity contribution in [3.05, 3.63) is 72.3 Å². The summed E-state index contributed by atoms with van der Waals surface area (Å²) in [6, 6.07) is 20.4. The number of anilines is 1. The van der Waals surface area contributed by atoms with E-state index >= 15 is 0 Å². The van der Waals surface area contributed by atoms with Gasteiger partial charge in [0.05, 0.1) is 6.61 Å². The Bertz CT molecular complexity index is 505. The molecule has 98 valence electrons. The number of hydrogen-bond acceptors (Lipinski definition) is 2. The number of benzene rings is 2. The summed E-state index contributed by atoms with van der Waals surface area (Å²) < 4.78 is 5.41. The van der Waals surface area contributed by atoms with Gasteiger partial charge >= 0.3 is 0 Å². The Morgan fingerprint density at radius 1 is 1.00 bits per heavy atom. The maximum absolute atomic E-state index is 5.41. The molecule has 0 atom stereocenters. The number of para-hydroxylation sites is 1. The quantitative estimate of drug-likeness (QED) is 0.780. The summed E-state index contributed by atoms with van der Waals surface area (Å²) in [6.07, 6.45) is 2.08. The summed E-state index contributed by atoms with van der Waals surface area (Å²) in [5.74, 6) is 0. The summed E-state index contributed by atoms with van der Waals surface area (Å²) in [6.45, 7) is 3.34. The molecule has 0 saturated heterocycles. The second-order valence-electron chi connectivity index (χ2n) is 4.13. The Kier molecular flexibility index (Phi) is 5.20. The molecule has 0 fully saturated rings. The van der Waals surface area contributed by atoms with E-state index in [1.165, 1.54) is 0 Å². The molecule has 2 heteroatoms. The summed E-state index contributed by atoms with van der Waals surface area (Å²) >= 11 is 0. The minimum absolute atomic E-state index is 0.612. The van der Waals surface area contributed by atoms with Crippen molar-refractivity contribution in [2.45, 2.75) is 6.92 Å². The Morgan fingerprint density at radius 2 is 1.63 bits per heavy atom. The van der Waals surface area contributed by atoms with Crippen molar-refractivity contribution in [1.82, 2.24) is 0 Å². The lowest BCUT2D eigenvalue weighted by molar-refractivity contribution is 0.178. The molecule has 2 nitrogen and oxygen atoms in total. The van der Waals surface area contributed by atoms with Crippen LogP contribution in [-0.2, 0) is 4.74 Å². The molecule has 2 rings (SSSR count). The van der Waals surface area contributed by atoms with Crippen molar-refractivity contribution < 1.29 is 4.74 Å². The lowest BCUT2D eigenvalue weighted by Crippen LogP contribution is -2.01. The lowest BCUT2D eigenvalue weighted by atomic mass is 10.1. The van der Waals surface area contributed by atoms with Gasteiger partial charge in [-0.05, 0) is 30.7 Å². The highest BCUT2D eigenvalue weighted by Crippen LogP contribution is 2.18. The largest absolute Gasteiger partial charge is 0.378 e. The monoisotopic (exact) mass is 253 g/mol. The Hall–Kier alpha value is -2.06. The molecule has 0 aliphatic carbocycles. The van der Waals surface area contributed by atoms with Crippen LogP contribution < -0.4 is 5.32 Å². The van der Waals surface area contributed by atoms with Crippen molar-refractivity contribution in [2.75, 3.05) is 18.5 Å². The fourth-order valence-corrected chi connectivity index (χ4v) is 1.80. The van der Waals surface area contributed by atoms with E-state index in [4.69, 9.17) is 4.74 Å². The van der Waals surface area contributed by atoms with Crippen LogP contribution in [0.15, 0.2) is 66.7 Å². The van der Waals surface area contributed by atoms with Gasteiger partial charge in [-0.3, -0.25) is 0 Å². The van der Waals surface area contributed by atoms with E-state index in [1.807, 2.05) is 43.3 Å². The van der Waals surface area contributed by atoms with Crippen LogP contribution in [0.4, 0.5) is 5.69 Å². The van der Waals surface area contributed by atoms with Crippen LogP contribution in [0.5, 0.6) is 0 Å². The van der Waals surface area contributed by atoms with Crippen molar-refractivity contribution >= 4 is 11.4 Å². The molecule has 0 spiro atoms. The van der Waals surface area contributed by atoms with Gasteiger partial charge in [0.2, 0.25) is 0 Å². The van der Waals surface area contributed by atoms with Crippen LogP contribution in [0.1, 0.15) is 12.5 Å². The van der Waals surface area contributed by atoms with Crippen molar-refractivity contribution in [3.63, 3.8) is 0 Å². The van der Waals surface area contributed by atoms with E-state index < -0.39 is 0 Å². The zero-order valence-corrected chi connectivity index (χ0v) is 11.2. The van der Waals surface area contributed by atoms with Crippen LogP contribution >= 0.6 is 0 Å². The Labute approximate surface area is 114 Å². The second-order valence-corrected chi connectivity index (χ2v) is 4.13.